The molecule has 4 aromatic rings. The highest BCUT2D eigenvalue weighted by molar-refractivity contribution is 6.34. The first-order valence-corrected chi connectivity index (χ1v) is 11.1. The van der Waals surface area contributed by atoms with Crippen LogP contribution in [0.2, 0.25) is 5.02 Å². The van der Waals surface area contributed by atoms with Gasteiger partial charge in [-0.15, -0.1) is 5.10 Å². The lowest BCUT2D eigenvalue weighted by Gasteiger charge is -2.19. The molecule has 0 saturated heterocycles. The molecule has 16 heteroatoms. The molecule has 206 valence electrons. The van der Waals surface area contributed by atoms with Gasteiger partial charge in [-0.2, -0.15) is 40.2 Å². The fourth-order valence-electron chi connectivity index (χ4n) is 3.62. The second kappa shape index (κ2) is 9.94. The van der Waals surface area contributed by atoms with E-state index in [1.807, 2.05) is 0 Å². The zero-order chi connectivity index (χ0) is 28.8. The lowest BCUT2D eigenvalue weighted by molar-refractivity contribution is -0.292. The summed E-state index contributed by atoms with van der Waals surface area (Å²) in [6.07, 6.45) is -11.1. The number of aromatic nitrogens is 5. The van der Waals surface area contributed by atoms with Crippen molar-refractivity contribution in [1.82, 2.24) is 30.1 Å². The van der Waals surface area contributed by atoms with Crippen LogP contribution in [0, 0.1) is 0 Å². The number of rotatable bonds is 6. The van der Waals surface area contributed by atoms with Gasteiger partial charge in [0.1, 0.15) is 11.3 Å². The van der Waals surface area contributed by atoms with E-state index in [1.54, 1.807) is 30.3 Å². The summed E-state index contributed by atoms with van der Waals surface area (Å²) in [5, 5.41) is 12.7. The van der Waals surface area contributed by atoms with Crippen molar-refractivity contribution in [2.24, 2.45) is 7.05 Å². The zero-order valence-electron chi connectivity index (χ0n) is 19.4. The number of nitrogens with one attached hydrogen (secondary N) is 1. The number of amides is 1. The Balaban J connectivity index is 1.71. The van der Waals surface area contributed by atoms with Gasteiger partial charge < -0.3 is 5.32 Å². The van der Waals surface area contributed by atoms with Crippen molar-refractivity contribution >= 4 is 17.5 Å². The summed E-state index contributed by atoms with van der Waals surface area (Å²) in [7, 11) is 0.749. The molecular formula is C23H15ClF8N6O. The minimum atomic E-state index is -6.34. The second-order valence-electron chi connectivity index (χ2n) is 8.15. The van der Waals surface area contributed by atoms with Crippen LogP contribution in [0.1, 0.15) is 27.2 Å². The van der Waals surface area contributed by atoms with Gasteiger partial charge in [-0.1, -0.05) is 53.2 Å². The maximum atomic E-state index is 14.0. The Morgan fingerprint density at radius 3 is 2.28 bits per heavy atom. The van der Waals surface area contributed by atoms with Gasteiger partial charge in [0.05, 0.1) is 16.8 Å². The van der Waals surface area contributed by atoms with Crippen LogP contribution in [-0.2, 0) is 25.7 Å². The first-order chi connectivity index (χ1) is 18.1. The Labute approximate surface area is 219 Å². The van der Waals surface area contributed by atoms with Crippen molar-refractivity contribution in [1.29, 1.82) is 0 Å². The number of carbonyl (C=O) groups is 1. The van der Waals surface area contributed by atoms with Gasteiger partial charge in [-0.3, -0.25) is 4.79 Å². The number of hydrogen-bond acceptors (Lipinski definition) is 4. The van der Waals surface area contributed by atoms with Crippen molar-refractivity contribution in [3.05, 3.63) is 82.1 Å². The van der Waals surface area contributed by atoms with E-state index in [4.69, 9.17) is 11.6 Å². The molecule has 1 amide bonds. The molecule has 0 aliphatic rings. The predicted octanol–water partition coefficient (Wildman–Crippen LogP) is 5.92. The zero-order valence-corrected chi connectivity index (χ0v) is 20.2. The molecule has 0 unspecified atom stereocenters. The molecule has 0 spiro atoms. The average molecular weight is 579 g/mol. The molecule has 2 aromatic heterocycles. The monoisotopic (exact) mass is 578 g/mol. The molecule has 0 saturated carbocycles. The molecule has 1 N–H and O–H groups in total. The average Bonchev–Trinajstić information content (AvgIpc) is 3.47. The highest BCUT2D eigenvalue weighted by Gasteiger charge is 2.64. The van der Waals surface area contributed by atoms with E-state index < -0.39 is 41.3 Å². The smallest absolute Gasteiger partial charge is 0.348 e. The Morgan fingerprint density at radius 1 is 1.00 bits per heavy atom. The van der Waals surface area contributed by atoms with Gasteiger partial charge >= 0.3 is 18.3 Å². The van der Waals surface area contributed by atoms with E-state index in [-0.39, 0.29) is 33.1 Å². The minimum Gasteiger partial charge on any atom is -0.348 e. The largest absolute Gasteiger partial charge is 0.459 e. The summed E-state index contributed by atoms with van der Waals surface area (Å²) >= 11 is 6.13. The molecular weight excluding hydrogens is 564 g/mol. The van der Waals surface area contributed by atoms with Crippen molar-refractivity contribution in [3.63, 3.8) is 0 Å². The van der Waals surface area contributed by atoms with Gasteiger partial charge in [0.2, 0.25) is 0 Å². The summed E-state index contributed by atoms with van der Waals surface area (Å²) in [5.41, 5.74) is -4.06. The topological polar surface area (TPSA) is 77.6 Å². The first-order valence-electron chi connectivity index (χ1n) is 10.7. The van der Waals surface area contributed by atoms with Gasteiger partial charge in [0.25, 0.3) is 5.91 Å². The summed E-state index contributed by atoms with van der Waals surface area (Å²) in [6.45, 7) is 0.169. The van der Waals surface area contributed by atoms with Crippen LogP contribution in [0.15, 0.2) is 54.7 Å². The maximum Gasteiger partial charge on any atom is 0.459 e. The Bertz CT molecular complexity index is 1510. The van der Waals surface area contributed by atoms with Crippen molar-refractivity contribution in [3.8, 4) is 17.1 Å². The quantitative estimate of drug-likeness (QED) is 0.288. The van der Waals surface area contributed by atoms with Crippen molar-refractivity contribution in [2.45, 2.75) is 24.8 Å². The summed E-state index contributed by atoms with van der Waals surface area (Å²) in [4.78, 5) is 12.7. The molecule has 4 rings (SSSR count). The number of carbonyl (C=O) groups excluding carboxylic acids is 1. The van der Waals surface area contributed by atoms with E-state index in [2.05, 4.69) is 20.7 Å². The third-order valence-corrected chi connectivity index (χ3v) is 5.80. The number of aryl methyl sites for hydroxylation is 1. The van der Waals surface area contributed by atoms with E-state index >= 15 is 0 Å². The maximum absolute atomic E-state index is 14.0. The van der Waals surface area contributed by atoms with Crippen LogP contribution in [-0.4, -0.2) is 36.9 Å². The number of benzene rings is 2. The van der Waals surface area contributed by atoms with Crippen molar-refractivity contribution in [2.75, 3.05) is 0 Å². The van der Waals surface area contributed by atoms with Gasteiger partial charge in [-0.05, 0) is 17.7 Å². The SMILES string of the molecule is Cn1nc(C(F)(F)C(F)(F)F)c(C(F)(F)F)c1-n1cc(-c2ccc(Cl)c(C(=O)NCc3ccccc3)c2)nn1. The summed E-state index contributed by atoms with van der Waals surface area (Å²) < 4.78 is 108. The molecule has 0 atom stereocenters. The molecule has 0 fully saturated rings. The fourth-order valence-corrected chi connectivity index (χ4v) is 3.83. The lowest BCUT2D eigenvalue weighted by atomic mass is 10.1. The summed E-state index contributed by atoms with van der Waals surface area (Å²) in [5.74, 6) is -7.71. The predicted molar refractivity (Wildman–Crippen MR) is 121 cm³/mol. The summed E-state index contributed by atoms with van der Waals surface area (Å²) in [6, 6.07) is 12.9. The molecule has 0 bridgehead atoms. The molecule has 0 aliphatic carbocycles. The Kier molecular flexibility index (Phi) is 7.14. The number of hydrogen-bond donors (Lipinski definition) is 1. The minimum absolute atomic E-state index is 0.0109. The van der Waals surface area contributed by atoms with Gasteiger partial charge in [0.15, 0.2) is 11.5 Å². The lowest BCUT2D eigenvalue weighted by Crippen LogP contribution is -2.36. The van der Waals surface area contributed by atoms with E-state index in [9.17, 15) is 39.9 Å². The van der Waals surface area contributed by atoms with Crippen LogP contribution < -0.4 is 5.32 Å². The fraction of sp³-hybridized carbons (Fsp3) is 0.217. The highest BCUT2D eigenvalue weighted by atomic mass is 35.5. The molecule has 2 heterocycles. The second-order valence-corrected chi connectivity index (χ2v) is 8.56. The molecule has 0 radical (unpaired) electrons. The van der Waals surface area contributed by atoms with Crippen LogP contribution in [0.3, 0.4) is 0 Å². The molecule has 39 heavy (non-hydrogen) atoms. The first kappa shape index (κ1) is 28.0. The number of alkyl halides is 8. The molecule has 7 nitrogen and oxygen atoms in total. The highest BCUT2D eigenvalue weighted by Crippen LogP contribution is 2.49. The number of nitrogens with zero attached hydrogens (tertiary/aromatic N) is 5. The number of halogens is 9. The third-order valence-electron chi connectivity index (χ3n) is 5.47. The van der Waals surface area contributed by atoms with E-state index in [1.165, 1.54) is 18.2 Å². The van der Waals surface area contributed by atoms with E-state index in [0.717, 1.165) is 18.8 Å². The van der Waals surface area contributed by atoms with Crippen LogP contribution >= 0.6 is 11.6 Å². The molecule has 2 aromatic carbocycles. The Morgan fingerprint density at radius 2 is 1.67 bits per heavy atom. The third kappa shape index (κ3) is 5.44. The Hall–Kier alpha value is -4.01. The van der Waals surface area contributed by atoms with Crippen LogP contribution in [0.25, 0.3) is 17.1 Å². The van der Waals surface area contributed by atoms with Crippen LogP contribution in [0.5, 0.6) is 0 Å². The van der Waals surface area contributed by atoms with Gasteiger partial charge in [-0.25, -0.2) is 9.36 Å². The molecule has 0 aliphatic heterocycles. The van der Waals surface area contributed by atoms with Crippen LogP contribution in [0.4, 0.5) is 35.1 Å². The standard InChI is InChI=1S/C23H15ClF8N6O/c1-37-20(17(22(27,28)29)18(35-37)21(25,26)23(30,31)32)38-11-16(34-36-38)13-7-8-15(24)14(9-13)19(39)33-10-12-5-3-2-4-6-12/h2-9,11H,10H2,1H3,(H,33,39). The van der Waals surface area contributed by atoms with Gasteiger partial charge in [0, 0.05) is 19.2 Å². The normalized spacial score (nSPS) is 12.6. The van der Waals surface area contributed by atoms with E-state index in [0.29, 0.717) is 4.68 Å². The van der Waals surface area contributed by atoms with Crippen molar-refractivity contribution < 1.29 is 39.9 Å².